The summed E-state index contributed by atoms with van der Waals surface area (Å²) in [4.78, 5) is 13.1. The fraction of sp³-hybridized carbons (Fsp3) is 0.917. The molecule has 0 aromatic carbocycles. The van der Waals surface area contributed by atoms with Gasteiger partial charge in [0.2, 0.25) is 0 Å². The van der Waals surface area contributed by atoms with Crippen LogP contribution in [0.25, 0.3) is 0 Å². The van der Waals surface area contributed by atoms with Crippen molar-refractivity contribution in [2.75, 3.05) is 33.0 Å². The zero-order valence-corrected chi connectivity index (χ0v) is 46.8. The molecular weight excluding hydrogens is 945 g/mol. The average molecular weight is 1060 g/mol. The lowest BCUT2D eigenvalue weighted by atomic mass is 9.98. The van der Waals surface area contributed by atoms with Crippen LogP contribution in [-0.2, 0) is 33.2 Å². The van der Waals surface area contributed by atoms with Gasteiger partial charge in [-0.2, -0.15) is 0 Å². The van der Waals surface area contributed by atoms with E-state index < -0.39 is 80.7 Å². The molecule has 0 radical (unpaired) electrons. The van der Waals surface area contributed by atoms with Crippen LogP contribution in [0, 0.1) is 0 Å². The van der Waals surface area contributed by atoms with Crippen LogP contribution in [0.5, 0.6) is 0 Å². The first-order chi connectivity index (χ1) is 36.1. The molecule has 0 aromatic heterocycles. The predicted molar refractivity (Wildman–Crippen MR) is 294 cm³/mol. The number of allylic oxidation sites excluding steroid dienone is 4. The fourth-order valence-electron chi connectivity index (χ4n) is 9.79. The Morgan fingerprint density at radius 2 is 0.838 bits per heavy atom. The van der Waals surface area contributed by atoms with E-state index in [-0.39, 0.29) is 25.6 Å². The average Bonchev–Trinajstić information content (AvgIpc) is 3.40. The summed E-state index contributed by atoms with van der Waals surface area (Å²) in [6.07, 6.45) is 38.2. The highest BCUT2D eigenvalue weighted by molar-refractivity contribution is 5.69. The van der Waals surface area contributed by atoms with Crippen LogP contribution in [0.4, 0.5) is 0 Å². The Hall–Kier alpha value is -1.53. The van der Waals surface area contributed by atoms with Crippen molar-refractivity contribution < 1.29 is 69.0 Å². The summed E-state index contributed by atoms with van der Waals surface area (Å²) in [6, 6.07) is 0. The van der Waals surface area contributed by atoms with Crippen molar-refractivity contribution in [2.45, 2.75) is 319 Å². The first-order valence-electron chi connectivity index (χ1n) is 30.4. The number of hydrogen-bond donors (Lipinski definition) is 7. The summed E-state index contributed by atoms with van der Waals surface area (Å²) in [5.74, 6) is -0.371. The van der Waals surface area contributed by atoms with Crippen LogP contribution in [0.1, 0.15) is 251 Å². The Labute approximate surface area is 449 Å². The van der Waals surface area contributed by atoms with E-state index >= 15 is 0 Å². The van der Waals surface area contributed by atoms with Crippen LogP contribution in [0.3, 0.4) is 0 Å². The maximum atomic E-state index is 13.1. The van der Waals surface area contributed by atoms with Gasteiger partial charge in [0, 0.05) is 13.0 Å². The molecule has 14 heteroatoms. The third-order valence-corrected chi connectivity index (χ3v) is 14.7. The minimum atomic E-state index is -1.70. The number of aliphatic hydroxyl groups excluding tert-OH is 7. The second-order valence-corrected chi connectivity index (χ2v) is 21.5. The maximum Gasteiger partial charge on any atom is 0.306 e. The predicted octanol–water partition coefficient (Wildman–Crippen LogP) is 11.1. The largest absolute Gasteiger partial charge is 0.457 e. The van der Waals surface area contributed by atoms with Crippen LogP contribution in [0.15, 0.2) is 24.3 Å². The molecular formula is C60H112O14. The van der Waals surface area contributed by atoms with Gasteiger partial charge in [0.1, 0.15) is 54.9 Å². The Morgan fingerprint density at radius 3 is 1.30 bits per heavy atom. The molecule has 0 bridgehead atoms. The number of rotatable bonds is 50. The van der Waals surface area contributed by atoms with E-state index in [1.54, 1.807) is 0 Å². The van der Waals surface area contributed by atoms with Gasteiger partial charge in [-0.05, 0) is 44.9 Å². The molecule has 2 aliphatic heterocycles. The second kappa shape index (κ2) is 47.5. The molecule has 2 rings (SSSR count). The number of carbonyl (C=O) groups is 1. The third-order valence-electron chi connectivity index (χ3n) is 14.7. The zero-order chi connectivity index (χ0) is 53.7. The number of unbranched alkanes of at least 4 members (excludes halogenated alkanes) is 32. The molecule has 0 saturated carbocycles. The van der Waals surface area contributed by atoms with E-state index in [0.29, 0.717) is 13.0 Å². The van der Waals surface area contributed by atoms with Gasteiger partial charge in [-0.25, -0.2) is 0 Å². The minimum Gasteiger partial charge on any atom is -0.457 e. The summed E-state index contributed by atoms with van der Waals surface area (Å²) < 4.78 is 34.4. The molecule has 2 heterocycles. The monoisotopic (exact) mass is 1060 g/mol. The number of aliphatic hydroxyl groups is 7. The van der Waals surface area contributed by atoms with E-state index in [0.717, 1.165) is 44.9 Å². The molecule has 14 nitrogen and oxygen atoms in total. The number of ether oxygens (including phenoxy) is 6. The van der Waals surface area contributed by atoms with Crippen LogP contribution in [0.2, 0.25) is 0 Å². The molecule has 0 aromatic rings. The normalized spacial score (nSPS) is 24.9. The lowest BCUT2D eigenvalue weighted by Gasteiger charge is -2.42. The molecule has 2 saturated heterocycles. The molecule has 436 valence electrons. The maximum absolute atomic E-state index is 13.1. The van der Waals surface area contributed by atoms with Gasteiger partial charge in [0.25, 0.3) is 0 Å². The van der Waals surface area contributed by atoms with E-state index in [1.165, 1.54) is 180 Å². The van der Waals surface area contributed by atoms with Crippen molar-refractivity contribution in [1.82, 2.24) is 0 Å². The van der Waals surface area contributed by atoms with Crippen molar-refractivity contribution in [3.63, 3.8) is 0 Å². The van der Waals surface area contributed by atoms with Gasteiger partial charge in [-0.15, -0.1) is 0 Å². The SMILES string of the molecule is CCCCCCC/C=C\C/C=C\CCCCCCCCCCCCCCCCOCC(COC1OC(COC2OC(CO)C(O)C(O)C2O)C(O)C(O)C1O)OC(=O)CCCCCCCCCCCCCCCC. The summed E-state index contributed by atoms with van der Waals surface area (Å²) in [5, 5.41) is 72.3. The first kappa shape index (κ1) is 68.6. The molecule has 2 fully saturated rings. The molecule has 11 unspecified atom stereocenters. The van der Waals surface area contributed by atoms with Crippen molar-refractivity contribution in [1.29, 1.82) is 0 Å². The molecule has 11 atom stereocenters. The lowest BCUT2D eigenvalue weighted by Crippen LogP contribution is -2.61. The molecule has 0 spiro atoms. The standard InChI is InChI=1S/C60H112O14/c1-3-5-7-9-11-13-15-17-19-20-21-22-23-24-25-26-27-28-29-30-32-34-36-38-40-42-44-69-46-49(72-52(62)43-41-39-37-35-33-31-18-16-14-12-10-8-6-4-2)47-70-59-58(68)56(66)54(64)51(74-59)48-71-60-57(67)55(65)53(63)50(45-61)73-60/h15,17,20-21,49-51,53-61,63-68H,3-14,16,18-19,22-48H2,1-2H3/b17-15-,21-20-. The smallest absolute Gasteiger partial charge is 0.306 e. The molecule has 7 N–H and O–H groups in total. The Bertz CT molecular complexity index is 1320. The quantitative estimate of drug-likeness (QED) is 0.0172. The van der Waals surface area contributed by atoms with Gasteiger partial charge < -0.3 is 64.2 Å². The van der Waals surface area contributed by atoms with E-state index in [9.17, 15) is 40.5 Å². The van der Waals surface area contributed by atoms with Crippen molar-refractivity contribution in [3.8, 4) is 0 Å². The van der Waals surface area contributed by atoms with Crippen molar-refractivity contribution >= 4 is 5.97 Å². The second-order valence-electron chi connectivity index (χ2n) is 21.5. The summed E-state index contributed by atoms with van der Waals surface area (Å²) in [7, 11) is 0. The zero-order valence-electron chi connectivity index (χ0n) is 46.8. The highest BCUT2D eigenvalue weighted by atomic mass is 16.7. The van der Waals surface area contributed by atoms with E-state index in [2.05, 4.69) is 38.2 Å². The van der Waals surface area contributed by atoms with Crippen molar-refractivity contribution in [2.24, 2.45) is 0 Å². The third kappa shape index (κ3) is 33.7. The van der Waals surface area contributed by atoms with Crippen LogP contribution < -0.4 is 0 Å². The van der Waals surface area contributed by atoms with Crippen LogP contribution in [-0.4, -0.2) is 142 Å². The summed E-state index contributed by atoms with van der Waals surface area (Å²) in [6.45, 7) is 3.72. The Kier molecular flexibility index (Phi) is 44.0. The lowest BCUT2D eigenvalue weighted by molar-refractivity contribution is -0.332. The molecule has 2 aliphatic rings. The molecule has 0 aliphatic carbocycles. The van der Waals surface area contributed by atoms with Gasteiger partial charge in [0.05, 0.1) is 26.4 Å². The Balaban J connectivity index is 1.66. The topological polar surface area (TPSA) is 214 Å². The fourth-order valence-corrected chi connectivity index (χ4v) is 9.79. The van der Waals surface area contributed by atoms with E-state index in [1.807, 2.05) is 0 Å². The highest BCUT2D eigenvalue weighted by Gasteiger charge is 2.47. The number of carbonyl (C=O) groups excluding carboxylic acids is 1. The highest BCUT2D eigenvalue weighted by Crippen LogP contribution is 2.27. The number of hydrogen-bond acceptors (Lipinski definition) is 14. The van der Waals surface area contributed by atoms with Gasteiger partial charge in [-0.1, -0.05) is 224 Å². The van der Waals surface area contributed by atoms with Crippen molar-refractivity contribution in [3.05, 3.63) is 24.3 Å². The van der Waals surface area contributed by atoms with E-state index in [4.69, 9.17) is 28.4 Å². The summed E-state index contributed by atoms with van der Waals surface area (Å²) in [5.41, 5.74) is 0. The first-order valence-corrected chi connectivity index (χ1v) is 30.4. The van der Waals surface area contributed by atoms with Gasteiger partial charge >= 0.3 is 5.97 Å². The Morgan fingerprint density at radius 1 is 0.446 bits per heavy atom. The minimum absolute atomic E-state index is 0.0664. The van der Waals surface area contributed by atoms with Gasteiger partial charge in [0.15, 0.2) is 12.6 Å². The molecule has 74 heavy (non-hydrogen) atoms. The molecule has 0 amide bonds. The van der Waals surface area contributed by atoms with Gasteiger partial charge in [-0.3, -0.25) is 4.79 Å². The van der Waals surface area contributed by atoms with Crippen LogP contribution >= 0.6 is 0 Å². The number of esters is 1. The summed E-state index contributed by atoms with van der Waals surface area (Å²) >= 11 is 0.